The van der Waals surface area contributed by atoms with Gasteiger partial charge in [-0.15, -0.1) is 0 Å². The third-order valence-corrected chi connectivity index (χ3v) is 4.29. The van der Waals surface area contributed by atoms with Crippen LogP contribution >= 0.6 is 0 Å². The van der Waals surface area contributed by atoms with E-state index in [-0.39, 0.29) is 5.91 Å². The largest absolute Gasteiger partial charge is 0.366 e. The fourth-order valence-corrected chi connectivity index (χ4v) is 3.07. The minimum Gasteiger partial charge on any atom is -0.366 e. The summed E-state index contributed by atoms with van der Waals surface area (Å²) in [7, 11) is 0. The molecule has 2 N–H and O–H groups in total. The summed E-state index contributed by atoms with van der Waals surface area (Å²) in [5, 5.41) is 0. The predicted molar refractivity (Wildman–Crippen MR) is 79.1 cm³/mol. The third-order valence-electron chi connectivity index (χ3n) is 4.29. The molecule has 1 aromatic carbocycles. The molecule has 1 amide bonds. The SMILES string of the molecule is NC(=O)c1ccc(CCCCC2CCCCC2)cc1. The van der Waals surface area contributed by atoms with Gasteiger partial charge in [0.25, 0.3) is 0 Å². The van der Waals surface area contributed by atoms with E-state index in [2.05, 4.69) is 0 Å². The number of aryl methyl sites for hydroxylation is 1. The summed E-state index contributed by atoms with van der Waals surface area (Å²) in [6.07, 6.45) is 12.3. The minimum absolute atomic E-state index is 0.344. The van der Waals surface area contributed by atoms with E-state index in [1.165, 1.54) is 56.9 Å². The van der Waals surface area contributed by atoms with Crippen molar-refractivity contribution < 1.29 is 4.79 Å². The first kappa shape index (κ1) is 14.1. The van der Waals surface area contributed by atoms with Gasteiger partial charge in [0.15, 0.2) is 0 Å². The Hall–Kier alpha value is -1.31. The number of nitrogens with two attached hydrogens (primary N) is 1. The van der Waals surface area contributed by atoms with Crippen molar-refractivity contribution in [2.24, 2.45) is 11.7 Å². The molecule has 2 nitrogen and oxygen atoms in total. The van der Waals surface area contributed by atoms with Crippen molar-refractivity contribution in [2.75, 3.05) is 0 Å². The maximum Gasteiger partial charge on any atom is 0.248 e. The van der Waals surface area contributed by atoms with Gasteiger partial charge in [-0.05, 0) is 36.5 Å². The third kappa shape index (κ3) is 4.70. The van der Waals surface area contributed by atoms with Gasteiger partial charge in [-0.3, -0.25) is 4.79 Å². The van der Waals surface area contributed by atoms with Crippen LogP contribution in [0.1, 0.15) is 67.3 Å². The molecule has 0 bridgehead atoms. The highest BCUT2D eigenvalue weighted by Crippen LogP contribution is 2.27. The number of rotatable bonds is 6. The van der Waals surface area contributed by atoms with Gasteiger partial charge in [0.2, 0.25) is 5.91 Å². The number of carbonyl (C=O) groups is 1. The molecule has 0 unspecified atom stereocenters. The number of hydrogen-bond donors (Lipinski definition) is 1. The summed E-state index contributed by atoms with van der Waals surface area (Å²) in [5.41, 5.74) is 7.15. The normalized spacial score (nSPS) is 16.4. The maximum atomic E-state index is 11.0. The van der Waals surface area contributed by atoms with Gasteiger partial charge in [-0.1, -0.05) is 57.1 Å². The Kier molecular flexibility index (Phi) is 5.44. The predicted octanol–water partition coefficient (Wildman–Crippen LogP) is 4.08. The molecule has 1 fully saturated rings. The summed E-state index contributed by atoms with van der Waals surface area (Å²) in [6, 6.07) is 7.72. The molecular weight excluding hydrogens is 234 g/mol. The molecule has 104 valence electrons. The van der Waals surface area contributed by atoms with Crippen LogP contribution in [0.15, 0.2) is 24.3 Å². The summed E-state index contributed by atoms with van der Waals surface area (Å²) < 4.78 is 0. The standard InChI is InChI=1S/C17H25NO/c18-17(19)16-12-10-15(11-13-16)9-5-4-8-14-6-2-1-3-7-14/h10-14H,1-9H2,(H2,18,19). The highest BCUT2D eigenvalue weighted by molar-refractivity contribution is 5.92. The van der Waals surface area contributed by atoms with Crippen molar-refractivity contribution in [3.8, 4) is 0 Å². The first-order valence-electron chi connectivity index (χ1n) is 7.64. The topological polar surface area (TPSA) is 43.1 Å². The van der Waals surface area contributed by atoms with Gasteiger partial charge in [0, 0.05) is 5.56 Å². The van der Waals surface area contributed by atoms with Crippen molar-refractivity contribution in [3.63, 3.8) is 0 Å². The minimum atomic E-state index is -0.344. The molecule has 0 aromatic heterocycles. The van der Waals surface area contributed by atoms with E-state index < -0.39 is 0 Å². The van der Waals surface area contributed by atoms with Crippen LogP contribution in [-0.2, 0) is 6.42 Å². The van der Waals surface area contributed by atoms with Crippen LogP contribution in [0.5, 0.6) is 0 Å². The lowest BCUT2D eigenvalue weighted by atomic mass is 9.85. The second kappa shape index (κ2) is 7.32. The molecule has 1 saturated carbocycles. The lowest BCUT2D eigenvalue weighted by Crippen LogP contribution is -2.10. The zero-order valence-corrected chi connectivity index (χ0v) is 11.7. The fourth-order valence-electron chi connectivity index (χ4n) is 3.07. The molecule has 0 heterocycles. The molecule has 1 aliphatic rings. The van der Waals surface area contributed by atoms with E-state index in [4.69, 9.17) is 5.73 Å². The first-order valence-corrected chi connectivity index (χ1v) is 7.64. The Morgan fingerprint density at radius 2 is 1.74 bits per heavy atom. The van der Waals surface area contributed by atoms with Gasteiger partial charge < -0.3 is 5.73 Å². The van der Waals surface area contributed by atoms with Crippen molar-refractivity contribution in [1.82, 2.24) is 0 Å². The van der Waals surface area contributed by atoms with E-state index >= 15 is 0 Å². The Bertz CT molecular complexity index is 390. The molecule has 1 aliphatic carbocycles. The van der Waals surface area contributed by atoms with Gasteiger partial charge in [0.05, 0.1) is 0 Å². The highest BCUT2D eigenvalue weighted by atomic mass is 16.1. The number of amides is 1. The van der Waals surface area contributed by atoms with Crippen LogP contribution in [-0.4, -0.2) is 5.91 Å². The zero-order chi connectivity index (χ0) is 13.5. The van der Waals surface area contributed by atoms with Gasteiger partial charge in [0.1, 0.15) is 0 Å². The molecule has 2 rings (SSSR count). The number of carbonyl (C=O) groups excluding carboxylic acids is 1. The number of hydrogen-bond acceptors (Lipinski definition) is 1. The molecule has 0 atom stereocenters. The van der Waals surface area contributed by atoms with Gasteiger partial charge >= 0.3 is 0 Å². The second-order valence-corrected chi connectivity index (χ2v) is 5.81. The summed E-state index contributed by atoms with van der Waals surface area (Å²) in [6.45, 7) is 0. The second-order valence-electron chi connectivity index (χ2n) is 5.81. The average molecular weight is 259 g/mol. The van der Waals surface area contributed by atoms with Crippen LogP contribution in [0.4, 0.5) is 0 Å². The highest BCUT2D eigenvalue weighted by Gasteiger charge is 2.12. The van der Waals surface area contributed by atoms with Crippen molar-refractivity contribution >= 4 is 5.91 Å². The average Bonchev–Trinajstić information content (AvgIpc) is 2.45. The van der Waals surface area contributed by atoms with Crippen LogP contribution < -0.4 is 5.73 Å². The quantitative estimate of drug-likeness (QED) is 0.769. The molecule has 0 saturated heterocycles. The number of benzene rings is 1. The molecule has 2 heteroatoms. The Balaban J connectivity index is 1.66. The van der Waals surface area contributed by atoms with Crippen LogP contribution in [0, 0.1) is 5.92 Å². The fraction of sp³-hybridized carbons (Fsp3) is 0.588. The summed E-state index contributed by atoms with van der Waals surface area (Å²) in [4.78, 5) is 11.0. The van der Waals surface area contributed by atoms with E-state index in [0.717, 1.165) is 12.3 Å². The van der Waals surface area contributed by atoms with E-state index in [9.17, 15) is 4.79 Å². The van der Waals surface area contributed by atoms with E-state index in [1.54, 1.807) is 0 Å². The van der Waals surface area contributed by atoms with Crippen LogP contribution in [0.25, 0.3) is 0 Å². The molecule has 0 spiro atoms. The Labute approximate surface area is 116 Å². The monoisotopic (exact) mass is 259 g/mol. The molecule has 0 radical (unpaired) electrons. The Morgan fingerprint density at radius 3 is 2.37 bits per heavy atom. The van der Waals surface area contributed by atoms with Crippen molar-refractivity contribution in [1.29, 1.82) is 0 Å². The molecule has 1 aromatic rings. The van der Waals surface area contributed by atoms with E-state index in [0.29, 0.717) is 5.56 Å². The summed E-state index contributed by atoms with van der Waals surface area (Å²) >= 11 is 0. The summed E-state index contributed by atoms with van der Waals surface area (Å²) in [5.74, 6) is 0.648. The number of unbranched alkanes of at least 4 members (excludes halogenated alkanes) is 1. The molecule has 0 aliphatic heterocycles. The van der Waals surface area contributed by atoms with Gasteiger partial charge in [-0.25, -0.2) is 0 Å². The Morgan fingerprint density at radius 1 is 1.05 bits per heavy atom. The molecular formula is C17H25NO. The number of primary amides is 1. The van der Waals surface area contributed by atoms with Crippen LogP contribution in [0.2, 0.25) is 0 Å². The lowest BCUT2D eigenvalue weighted by Gasteiger charge is -2.21. The van der Waals surface area contributed by atoms with Crippen molar-refractivity contribution in [2.45, 2.75) is 57.8 Å². The van der Waals surface area contributed by atoms with Crippen LogP contribution in [0.3, 0.4) is 0 Å². The first-order chi connectivity index (χ1) is 9.25. The maximum absolute atomic E-state index is 11.0. The van der Waals surface area contributed by atoms with Crippen molar-refractivity contribution in [3.05, 3.63) is 35.4 Å². The lowest BCUT2D eigenvalue weighted by molar-refractivity contribution is 0.100. The zero-order valence-electron chi connectivity index (χ0n) is 11.7. The molecule has 19 heavy (non-hydrogen) atoms. The smallest absolute Gasteiger partial charge is 0.248 e. The van der Waals surface area contributed by atoms with Gasteiger partial charge in [-0.2, -0.15) is 0 Å². The van der Waals surface area contributed by atoms with E-state index in [1.807, 2.05) is 24.3 Å².